The number of benzene rings is 1. The fourth-order valence-electron chi connectivity index (χ4n) is 3.87. The van der Waals surface area contributed by atoms with E-state index in [4.69, 9.17) is 23.2 Å². The first kappa shape index (κ1) is 19.1. The van der Waals surface area contributed by atoms with E-state index in [9.17, 15) is 9.59 Å². The maximum Gasteiger partial charge on any atom is 0.268 e. The lowest BCUT2D eigenvalue weighted by Crippen LogP contribution is -2.56. The van der Waals surface area contributed by atoms with Gasteiger partial charge in [-0.1, -0.05) is 35.4 Å². The standard InChI is InChI=1S/C21H21Cl2N3O2/c1-4-21(2,3)26-11-12(13-9-14(22)15(23)10-18(13)26)8-16-20(28)25-7-5-6-17(25)19(27)24-16/h4,6,9-11,16H,1,5,7-8H2,2-3H3,(H,24,27). The van der Waals surface area contributed by atoms with E-state index < -0.39 is 6.04 Å². The molecule has 2 amide bonds. The van der Waals surface area contributed by atoms with Gasteiger partial charge in [-0.25, -0.2) is 0 Å². The Hall–Kier alpha value is -2.24. The van der Waals surface area contributed by atoms with Gasteiger partial charge in [0.2, 0.25) is 5.91 Å². The lowest BCUT2D eigenvalue weighted by Gasteiger charge is -2.31. The highest BCUT2D eigenvalue weighted by Crippen LogP contribution is 2.35. The molecule has 1 atom stereocenters. The monoisotopic (exact) mass is 417 g/mol. The molecule has 0 saturated carbocycles. The van der Waals surface area contributed by atoms with Gasteiger partial charge < -0.3 is 14.8 Å². The fraction of sp³-hybridized carbons (Fsp3) is 0.333. The van der Waals surface area contributed by atoms with Crippen molar-refractivity contribution in [3.05, 3.63) is 58.4 Å². The summed E-state index contributed by atoms with van der Waals surface area (Å²) in [6.07, 6.45) is 6.75. The molecule has 3 heterocycles. The molecule has 0 bridgehead atoms. The fourth-order valence-corrected chi connectivity index (χ4v) is 4.19. The predicted octanol–water partition coefficient (Wildman–Crippen LogP) is 4.03. The summed E-state index contributed by atoms with van der Waals surface area (Å²) in [6, 6.07) is 3.04. The second-order valence-corrected chi connectivity index (χ2v) is 8.58. The van der Waals surface area contributed by atoms with E-state index >= 15 is 0 Å². The van der Waals surface area contributed by atoms with Crippen molar-refractivity contribution in [1.82, 2.24) is 14.8 Å². The summed E-state index contributed by atoms with van der Waals surface area (Å²) >= 11 is 12.5. The first-order valence-corrected chi connectivity index (χ1v) is 9.94. The number of nitrogens with zero attached hydrogens (tertiary/aromatic N) is 2. The molecule has 1 fully saturated rings. The molecule has 1 aromatic heterocycles. The number of piperazine rings is 1. The zero-order chi connectivity index (χ0) is 20.2. The van der Waals surface area contributed by atoms with Gasteiger partial charge in [-0.05, 0) is 38.0 Å². The van der Waals surface area contributed by atoms with E-state index in [1.165, 1.54) is 0 Å². The number of nitrogens with one attached hydrogen (secondary N) is 1. The summed E-state index contributed by atoms with van der Waals surface area (Å²) in [7, 11) is 0. The van der Waals surface area contributed by atoms with Crippen molar-refractivity contribution >= 4 is 45.9 Å². The van der Waals surface area contributed by atoms with Crippen LogP contribution < -0.4 is 5.32 Å². The molecule has 2 aliphatic heterocycles. The van der Waals surface area contributed by atoms with Crippen molar-refractivity contribution in [2.75, 3.05) is 6.54 Å². The number of amides is 2. The average molecular weight is 418 g/mol. The molecule has 1 aromatic carbocycles. The Morgan fingerprint density at radius 2 is 2.00 bits per heavy atom. The third kappa shape index (κ3) is 2.93. The molecule has 2 aliphatic rings. The van der Waals surface area contributed by atoms with Crippen LogP contribution in [0.1, 0.15) is 25.8 Å². The van der Waals surface area contributed by atoms with Crippen LogP contribution in [0.25, 0.3) is 10.9 Å². The molecule has 1 N–H and O–H groups in total. The molecule has 0 spiro atoms. The summed E-state index contributed by atoms with van der Waals surface area (Å²) < 4.78 is 2.07. The molecule has 7 heteroatoms. The Bertz CT molecular complexity index is 1050. The van der Waals surface area contributed by atoms with Gasteiger partial charge in [0, 0.05) is 24.5 Å². The van der Waals surface area contributed by atoms with Crippen LogP contribution in [0.4, 0.5) is 0 Å². The Morgan fingerprint density at radius 3 is 2.71 bits per heavy atom. The van der Waals surface area contributed by atoms with Crippen molar-refractivity contribution in [3.63, 3.8) is 0 Å². The second-order valence-electron chi connectivity index (χ2n) is 7.76. The number of hydrogen-bond donors (Lipinski definition) is 1. The molecule has 0 radical (unpaired) electrons. The smallest absolute Gasteiger partial charge is 0.268 e. The first-order valence-electron chi connectivity index (χ1n) is 9.18. The molecular formula is C21H21Cl2N3O2. The molecule has 2 aromatic rings. The SMILES string of the molecule is C=CC(C)(C)n1cc(CC2NC(=O)C3=CCCN3C2=O)c2cc(Cl)c(Cl)cc21. The topological polar surface area (TPSA) is 54.3 Å². The highest BCUT2D eigenvalue weighted by Gasteiger charge is 2.38. The van der Waals surface area contributed by atoms with E-state index in [2.05, 4.69) is 16.5 Å². The second kappa shape index (κ2) is 6.68. The third-order valence-electron chi connectivity index (χ3n) is 5.56. The van der Waals surface area contributed by atoms with Gasteiger partial charge in [0.25, 0.3) is 5.91 Å². The zero-order valence-corrected chi connectivity index (χ0v) is 17.3. The van der Waals surface area contributed by atoms with E-state index in [-0.39, 0.29) is 17.4 Å². The normalized spacial score (nSPS) is 19.6. The van der Waals surface area contributed by atoms with Crippen LogP contribution in [0.5, 0.6) is 0 Å². The molecule has 5 nitrogen and oxygen atoms in total. The van der Waals surface area contributed by atoms with Gasteiger partial charge in [0.1, 0.15) is 11.7 Å². The van der Waals surface area contributed by atoms with Gasteiger partial charge in [-0.2, -0.15) is 0 Å². The minimum atomic E-state index is -0.608. The number of carbonyl (C=O) groups excluding carboxylic acids is 2. The minimum Gasteiger partial charge on any atom is -0.339 e. The van der Waals surface area contributed by atoms with Crippen LogP contribution in [-0.2, 0) is 21.5 Å². The third-order valence-corrected chi connectivity index (χ3v) is 6.28. The zero-order valence-electron chi connectivity index (χ0n) is 15.8. The maximum atomic E-state index is 12.9. The molecule has 1 saturated heterocycles. The number of carbonyl (C=O) groups is 2. The van der Waals surface area contributed by atoms with E-state index in [1.807, 2.05) is 44.3 Å². The Kier molecular flexibility index (Phi) is 4.55. The Balaban J connectivity index is 1.78. The van der Waals surface area contributed by atoms with Crippen LogP contribution in [0.2, 0.25) is 10.0 Å². The summed E-state index contributed by atoms with van der Waals surface area (Å²) in [4.78, 5) is 26.8. The highest BCUT2D eigenvalue weighted by atomic mass is 35.5. The number of halogens is 2. The summed E-state index contributed by atoms with van der Waals surface area (Å²) in [5, 5.41) is 4.68. The molecule has 146 valence electrons. The van der Waals surface area contributed by atoms with Crippen molar-refractivity contribution < 1.29 is 9.59 Å². The predicted molar refractivity (Wildman–Crippen MR) is 112 cm³/mol. The van der Waals surface area contributed by atoms with Gasteiger partial charge in [0.05, 0.1) is 21.1 Å². The minimum absolute atomic E-state index is 0.0766. The summed E-state index contributed by atoms with van der Waals surface area (Å²) in [5.74, 6) is -0.273. The van der Waals surface area contributed by atoms with Crippen LogP contribution in [0, 0.1) is 0 Å². The number of allylic oxidation sites excluding steroid dienone is 1. The molecule has 4 rings (SSSR count). The van der Waals surface area contributed by atoms with Crippen LogP contribution in [-0.4, -0.2) is 33.9 Å². The van der Waals surface area contributed by atoms with E-state index in [0.29, 0.717) is 35.1 Å². The number of hydrogen-bond acceptors (Lipinski definition) is 2. The van der Waals surface area contributed by atoms with Gasteiger partial charge >= 0.3 is 0 Å². The lowest BCUT2D eigenvalue weighted by molar-refractivity contribution is -0.139. The van der Waals surface area contributed by atoms with Crippen molar-refractivity contribution in [1.29, 1.82) is 0 Å². The Morgan fingerprint density at radius 1 is 1.29 bits per heavy atom. The maximum absolute atomic E-state index is 12.9. The van der Waals surface area contributed by atoms with Gasteiger partial charge in [-0.3, -0.25) is 9.59 Å². The molecule has 28 heavy (non-hydrogen) atoms. The van der Waals surface area contributed by atoms with Crippen molar-refractivity contribution in [2.45, 2.75) is 38.3 Å². The number of aromatic nitrogens is 1. The van der Waals surface area contributed by atoms with E-state index in [1.54, 1.807) is 4.90 Å². The van der Waals surface area contributed by atoms with Crippen LogP contribution >= 0.6 is 23.2 Å². The summed E-state index contributed by atoms with van der Waals surface area (Å²) in [5.41, 5.74) is 1.93. The largest absolute Gasteiger partial charge is 0.339 e. The van der Waals surface area contributed by atoms with E-state index in [0.717, 1.165) is 16.5 Å². The van der Waals surface area contributed by atoms with Crippen molar-refractivity contribution in [2.24, 2.45) is 0 Å². The Labute approximate surface area is 173 Å². The van der Waals surface area contributed by atoms with Crippen LogP contribution in [0.3, 0.4) is 0 Å². The lowest BCUT2D eigenvalue weighted by atomic mass is 10.0. The first-order chi connectivity index (χ1) is 13.2. The summed E-state index contributed by atoms with van der Waals surface area (Å²) in [6.45, 7) is 8.58. The molecular weight excluding hydrogens is 397 g/mol. The highest BCUT2D eigenvalue weighted by molar-refractivity contribution is 6.42. The van der Waals surface area contributed by atoms with Gasteiger partial charge in [-0.15, -0.1) is 6.58 Å². The molecule has 0 aliphatic carbocycles. The quantitative estimate of drug-likeness (QED) is 0.763. The number of rotatable bonds is 4. The van der Waals surface area contributed by atoms with Crippen molar-refractivity contribution in [3.8, 4) is 0 Å². The average Bonchev–Trinajstić information content (AvgIpc) is 3.27. The molecule has 1 unspecified atom stereocenters. The van der Waals surface area contributed by atoms with Crippen LogP contribution in [0.15, 0.2) is 42.8 Å². The number of fused-ring (bicyclic) bond motifs is 2. The van der Waals surface area contributed by atoms with Gasteiger partial charge in [0.15, 0.2) is 0 Å².